The topological polar surface area (TPSA) is 9.23 Å². The maximum atomic E-state index is 5.50. The molecule has 4 rings (SSSR count). The number of hydrogen-bond acceptors (Lipinski definition) is 1. The summed E-state index contributed by atoms with van der Waals surface area (Å²) in [4.78, 5) is 0. The first kappa shape index (κ1) is 29.2. The summed E-state index contributed by atoms with van der Waals surface area (Å²) in [5.74, 6) is 22.0. The molecule has 2 fully saturated rings. The van der Waals surface area contributed by atoms with E-state index in [1.807, 2.05) is 13.8 Å². The van der Waals surface area contributed by atoms with Crippen LogP contribution in [0.4, 0.5) is 0 Å². The third-order valence-corrected chi connectivity index (χ3v) is 6.88. The van der Waals surface area contributed by atoms with Gasteiger partial charge in [0.05, 0.1) is 12.4 Å². The smallest absolute Gasteiger partial charge is 0.0910 e. The second kappa shape index (κ2) is 15.9. The number of rotatable bonds is 4. The molecule has 0 saturated heterocycles. The maximum absolute atomic E-state index is 5.50. The van der Waals surface area contributed by atoms with E-state index < -0.39 is 0 Å². The van der Waals surface area contributed by atoms with Crippen molar-refractivity contribution < 1.29 is 4.74 Å². The van der Waals surface area contributed by atoms with Crippen molar-refractivity contribution in [3.8, 4) is 36.0 Å². The van der Waals surface area contributed by atoms with Crippen molar-refractivity contribution in [3.63, 3.8) is 0 Å². The highest BCUT2D eigenvalue weighted by Gasteiger charge is 2.49. The van der Waals surface area contributed by atoms with Crippen LogP contribution in [0.5, 0.6) is 0 Å². The molecule has 0 aliphatic heterocycles. The van der Waals surface area contributed by atoms with Crippen molar-refractivity contribution >= 4 is 0 Å². The van der Waals surface area contributed by atoms with Crippen molar-refractivity contribution in [2.75, 3.05) is 6.61 Å². The van der Waals surface area contributed by atoms with Crippen molar-refractivity contribution in [2.45, 2.75) is 99.8 Å². The molecule has 0 heterocycles. The summed E-state index contributed by atoms with van der Waals surface area (Å²) in [5, 5.41) is 0. The van der Waals surface area contributed by atoms with Crippen molar-refractivity contribution in [3.05, 3.63) is 12.3 Å². The summed E-state index contributed by atoms with van der Waals surface area (Å²) in [7, 11) is 0. The lowest BCUT2D eigenvalue weighted by Crippen LogP contribution is -1.96. The SMILES string of the molecule is C.C.C#CCC.C=C(C)OCC1C2CCC#CCCC21.CCC1C2CCC#CCCC12. The van der Waals surface area contributed by atoms with Crippen molar-refractivity contribution in [1.82, 2.24) is 0 Å². The van der Waals surface area contributed by atoms with Gasteiger partial charge >= 0.3 is 0 Å². The minimum Gasteiger partial charge on any atom is -0.499 e. The number of fused-ring (bicyclic) bond motifs is 2. The third kappa shape index (κ3) is 9.92. The second-order valence-corrected chi connectivity index (χ2v) is 8.82. The van der Waals surface area contributed by atoms with Gasteiger partial charge in [-0.2, -0.15) is 0 Å². The van der Waals surface area contributed by atoms with Gasteiger partial charge in [-0.1, -0.05) is 41.7 Å². The largest absolute Gasteiger partial charge is 0.499 e. The molecule has 0 spiro atoms. The predicted molar refractivity (Wildman–Crippen MR) is 137 cm³/mol. The molecule has 4 unspecified atom stereocenters. The van der Waals surface area contributed by atoms with Crippen LogP contribution < -0.4 is 0 Å². The standard InChI is InChI=1S/C13H18O.C11H16.C4H6.2CH4/c1-10(2)14-9-13-11-7-5-3-4-6-8-12(11)13;1-2-9-10-7-5-3-4-6-8-11(9)10;1-3-4-2;;/h11-13H,1,5-9H2,2H3;9-11H,2,5-8H2,1H3;1H,4H2,2H3;2*1H4. The maximum Gasteiger partial charge on any atom is 0.0910 e. The van der Waals surface area contributed by atoms with Gasteiger partial charge in [0.2, 0.25) is 0 Å². The van der Waals surface area contributed by atoms with E-state index in [1.54, 1.807) is 0 Å². The molecule has 0 radical (unpaired) electrons. The normalized spacial score (nSPS) is 30.6. The number of allylic oxidation sites excluding steroid dienone is 1. The summed E-state index contributed by atoms with van der Waals surface area (Å²) in [6, 6.07) is 0. The van der Waals surface area contributed by atoms with Crippen LogP contribution >= 0.6 is 0 Å². The van der Waals surface area contributed by atoms with Gasteiger partial charge < -0.3 is 4.74 Å². The molecular formula is C30H48O. The Balaban J connectivity index is 0.000000478. The highest BCUT2D eigenvalue weighted by Crippen LogP contribution is 2.54. The first-order valence-corrected chi connectivity index (χ1v) is 11.8. The van der Waals surface area contributed by atoms with E-state index >= 15 is 0 Å². The molecule has 0 aromatic carbocycles. The molecule has 0 aromatic heterocycles. The molecule has 0 aromatic rings. The fraction of sp³-hybridized carbons (Fsp3) is 0.733. The fourth-order valence-electron chi connectivity index (χ4n) is 5.16. The van der Waals surface area contributed by atoms with Gasteiger partial charge in [-0.15, -0.1) is 36.0 Å². The highest BCUT2D eigenvalue weighted by molar-refractivity contribution is 5.08. The van der Waals surface area contributed by atoms with Crippen molar-refractivity contribution in [2.24, 2.45) is 35.5 Å². The average molecular weight is 425 g/mol. The number of hydrogen-bond donors (Lipinski definition) is 0. The molecule has 174 valence electrons. The van der Waals surface area contributed by atoms with Crippen LogP contribution in [0.2, 0.25) is 0 Å². The molecule has 4 aliphatic carbocycles. The van der Waals surface area contributed by atoms with Crippen molar-refractivity contribution in [1.29, 1.82) is 0 Å². The molecule has 1 nitrogen and oxygen atoms in total. The zero-order valence-corrected chi connectivity index (χ0v) is 18.9. The lowest BCUT2D eigenvalue weighted by molar-refractivity contribution is 0.193. The fourth-order valence-corrected chi connectivity index (χ4v) is 5.16. The molecule has 4 aliphatic rings. The van der Waals surface area contributed by atoms with Crippen LogP contribution in [-0.4, -0.2) is 6.61 Å². The van der Waals surface area contributed by atoms with Crippen LogP contribution in [0.3, 0.4) is 0 Å². The molecule has 4 atom stereocenters. The zero-order valence-electron chi connectivity index (χ0n) is 18.9. The Bertz CT molecular complexity index is 637. The molecule has 2 saturated carbocycles. The number of terminal acetylenes is 1. The predicted octanol–water partition coefficient (Wildman–Crippen LogP) is 8.11. The molecule has 1 heteroatoms. The molecule has 0 bridgehead atoms. The van der Waals surface area contributed by atoms with Gasteiger partial charge in [-0.3, -0.25) is 0 Å². The minimum absolute atomic E-state index is 0. The van der Waals surface area contributed by atoms with E-state index in [2.05, 4.69) is 43.1 Å². The summed E-state index contributed by atoms with van der Waals surface area (Å²) < 4.78 is 5.50. The average Bonchev–Trinajstić information content (AvgIpc) is 3.54. The molecular weight excluding hydrogens is 376 g/mol. The van der Waals surface area contributed by atoms with Crippen LogP contribution in [0.25, 0.3) is 0 Å². The van der Waals surface area contributed by atoms with Gasteiger partial charge in [0.25, 0.3) is 0 Å². The van der Waals surface area contributed by atoms with Crippen LogP contribution in [0.15, 0.2) is 12.3 Å². The summed E-state index contributed by atoms with van der Waals surface area (Å²) in [6.45, 7) is 10.8. The van der Waals surface area contributed by atoms with Crippen LogP contribution in [-0.2, 0) is 4.74 Å². The lowest BCUT2D eigenvalue weighted by Gasteiger charge is -2.03. The molecule has 0 N–H and O–H groups in total. The van der Waals surface area contributed by atoms with Crippen LogP contribution in [0, 0.1) is 71.5 Å². The summed E-state index contributed by atoms with van der Waals surface area (Å²) in [6.07, 6.45) is 16.9. The Labute approximate surface area is 195 Å². The minimum atomic E-state index is 0. The van der Waals surface area contributed by atoms with Gasteiger partial charge in [-0.05, 0) is 68.1 Å². The first-order valence-electron chi connectivity index (χ1n) is 11.8. The van der Waals surface area contributed by atoms with E-state index in [1.165, 1.54) is 32.1 Å². The Morgan fingerprint density at radius 2 is 1.19 bits per heavy atom. The van der Waals surface area contributed by atoms with E-state index in [9.17, 15) is 0 Å². The quantitative estimate of drug-likeness (QED) is 0.327. The van der Waals surface area contributed by atoms with E-state index in [0.717, 1.165) is 80.0 Å². The van der Waals surface area contributed by atoms with Gasteiger partial charge in [0, 0.05) is 32.1 Å². The van der Waals surface area contributed by atoms with Crippen LogP contribution in [0.1, 0.15) is 99.8 Å². The Hall–Kier alpha value is -1.78. The highest BCUT2D eigenvalue weighted by atomic mass is 16.5. The van der Waals surface area contributed by atoms with Gasteiger partial charge in [0.15, 0.2) is 0 Å². The molecule has 0 amide bonds. The van der Waals surface area contributed by atoms with Gasteiger partial charge in [0.1, 0.15) is 0 Å². The Morgan fingerprint density at radius 3 is 1.48 bits per heavy atom. The second-order valence-electron chi connectivity index (χ2n) is 8.82. The lowest BCUT2D eigenvalue weighted by atomic mass is 10.1. The van der Waals surface area contributed by atoms with Gasteiger partial charge in [-0.25, -0.2) is 0 Å². The third-order valence-electron chi connectivity index (χ3n) is 6.88. The Kier molecular flexibility index (Phi) is 15.0. The zero-order chi connectivity index (χ0) is 21.1. The monoisotopic (exact) mass is 424 g/mol. The van der Waals surface area contributed by atoms with E-state index in [0.29, 0.717) is 0 Å². The Morgan fingerprint density at radius 1 is 0.839 bits per heavy atom. The summed E-state index contributed by atoms with van der Waals surface area (Å²) >= 11 is 0. The van der Waals surface area contributed by atoms with E-state index in [-0.39, 0.29) is 14.9 Å². The van der Waals surface area contributed by atoms with E-state index in [4.69, 9.17) is 11.2 Å². The summed E-state index contributed by atoms with van der Waals surface area (Å²) in [5.41, 5.74) is 0. The molecule has 31 heavy (non-hydrogen) atoms. The number of ether oxygens (including phenoxy) is 1. The first-order chi connectivity index (χ1) is 14.1.